The molecular weight excluding hydrogens is 406 g/mol. The van der Waals surface area contributed by atoms with Gasteiger partial charge in [0.2, 0.25) is 11.8 Å². The maximum Gasteiger partial charge on any atom is 0.247 e. The monoisotopic (exact) mass is 441 g/mol. The predicted octanol–water partition coefficient (Wildman–Crippen LogP) is 3.28. The highest BCUT2D eigenvalue weighted by atomic mass is 32.2. The van der Waals surface area contributed by atoms with E-state index in [4.69, 9.17) is 5.73 Å². The van der Waals surface area contributed by atoms with Crippen molar-refractivity contribution in [3.63, 3.8) is 0 Å². The minimum Gasteiger partial charge on any atom is -0.369 e. The van der Waals surface area contributed by atoms with Crippen molar-refractivity contribution in [1.82, 2.24) is 10.2 Å². The Kier molecular flexibility index (Phi) is 5.37. The third-order valence-corrected chi connectivity index (χ3v) is 9.76. The zero-order valence-electron chi connectivity index (χ0n) is 18.9. The number of primary amides is 1. The number of nitrogens with zero attached hydrogens (tertiary/aromatic N) is 1. The van der Waals surface area contributed by atoms with Gasteiger partial charge in [-0.3, -0.25) is 14.5 Å². The van der Waals surface area contributed by atoms with Gasteiger partial charge in [-0.05, 0) is 87.3 Å². The van der Waals surface area contributed by atoms with E-state index in [0.29, 0.717) is 17.8 Å². The Morgan fingerprint density at radius 3 is 2.39 bits per heavy atom. The maximum absolute atomic E-state index is 13.4. The fourth-order valence-corrected chi connectivity index (χ4v) is 8.54. The van der Waals surface area contributed by atoms with Gasteiger partial charge in [-0.1, -0.05) is 17.7 Å². The largest absolute Gasteiger partial charge is 0.369 e. The van der Waals surface area contributed by atoms with Crippen LogP contribution in [0.3, 0.4) is 0 Å². The van der Waals surface area contributed by atoms with Crippen molar-refractivity contribution in [2.24, 2.45) is 28.9 Å². The molecule has 5 nitrogen and oxygen atoms in total. The van der Waals surface area contributed by atoms with Gasteiger partial charge in [0.25, 0.3) is 0 Å². The van der Waals surface area contributed by atoms with Gasteiger partial charge in [-0.25, -0.2) is 0 Å². The summed E-state index contributed by atoms with van der Waals surface area (Å²) < 4.78 is 0. The van der Waals surface area contributed by atoms with Crippen molar-refractivity contribution < 1.29 is 9.59 Å². The van der Waals surface area contributed by atoms with Crippen LogP contribution in [0.1, 0.15) is 54.4 Å². The molecule has 0 aromatic heterocycles. The lowest BCUT2D eigenvalue weighted by atomic mass is 9.47. The lowest BCUT2D eigenvalue weighted by Gasteiger charge is -2.58. The average Bonchev–Trinajstić information content (AvgIpc) is 3.15. The minimum atomic E-state index is -0.299. The van der Waals surface area contributed by atoms with Crippen LogP contribution in [-0.2, 0) is 16.1 Å². The topological polar surface area (TPSA) is 75.4 Å². The van der Waals surface area contributed by atoms with Gasteiger partial charge >= 0.3 is 0 Å². The van der Waals surface area contributed by atoms with Crippen LogP contribution in [-0.4, -0.2) is 40.4 Å². The van der Waals surface area contributed by atoms with E-state index < -0.39 is 0 Å². The van der Waals surface area contributed by atoms with Gasteiger partial charge < -0.3 is 11.1 Å². The molecule has 5 fully saturated rings. The van der Waals surface area contributed by atoms with Gasteiger partial charge in [-0.15, -0.1) is 11.8 Å². The van der Waals surface area contributed by atoms with Gasteiger partial charge in [0.1, 0.15) is 5.37 Å². The third kappa shape index (κ3) is 3.70. The molecule has 0 radical (unpaired) electrons. The number of hydrogen-bond acceptors (Lipinski definition) is 4. The summed E-state index contributed by atoms with van der Waals surface area (Å²) in [4.78, 5) is 28.0. The number of nitrogens with two attached hydrogens (primary N) is 1. The molecule has 1 heterocycles. The second kappa shape index (κ2) is 7.80. The second-order valence-electron chi connectivity index (χ2n) is 10.7. The summed E-state index contributed by atoms with van der Waals surface area (Å²) >= 11 is 1.76. The van der Waals surface area contributed by atoms with E-state index in [1.54, 1.807) is 11.8 Å². The molecule has 4 aliphatic carbocycles. The molecule has 6 rings (SSSR count). The average molecular weight is 442 g/mol. The van der Waals surface area contributed by atoms with Crippen molar-refractivity contribution in [2.45, 2.75) is 70.8 Å². The van der Waals surface area contributed by atoms with Crippen LogP contribution in [0.25, 0.3) is 0 Å². The van der Waals surface area contributed by atoms with E-state index in [0.717, 1.165) is 50.9 Å². The molecule has 1 aliphatic heterocycles. The highest BCUT2D eigenvalue weighted by Gasteiger charge is 2.58. The Labute approximate surface area is 189 Å². The summed E-state index contributed by atoms with van der Waals surface area (Å²) in [6.45, 7) is 8.26. The molecule has 168 valence electrons. The standard InChI is InChI=1S/C25H35N3O2S/c1-14-6-15(2)20(16(3)7-14)13-28-4-5-31-23(28)22(29)27-21-18-8-17-9-19(21)12-25(10-17,11-18)24(26)30/h6-7,17-19,21,23H,4-5,8-13H2,1-3H3,(H2,26,30)(H,27,29). The highest BCUT2D eigenvalue weighted by molar-refractivity contribution is 8.00. The first kappa shape index (κ1) is 21.3. The second-order valence-corrected chi connectivity index (χ2v) is 11.9. The lowest BCUT2D eigenvalue weighted by molar-refractivity contribution is -0.147. The van der Waals surface area contributed by atoms with Crippen LogP contribution in [0.2, 0.25) is 0 Å². The van der Waals surface area contributed by atoms with Crippen molar-refractivity contribution >= 4 is 23.6 Å². The van der Waals surface area contributed by atoms with Crippen molar-refractivity contribution in [2.75, 3.05) is 12.3 Å². The molecule has 1 saturated heterocycles. The number of rotatable bonds is 5. The van der Waals surface area contributed by atoms with Crippen LogP contribution < -0.4 is 11.1 Å². The van der Waals surface area contributed by atoms with Crippen LogP contribution >= 0.6 is 11.8 Å². The van der Waals surface area contributed by atoms with E-state index in [1.807, 2.05) is 0 Å². The molecule has 3 N–H and O–H groups in total. The minimum absolute atomic E-state index is 0.113. The number of aryl methyl sites for hydroxylation is 3. The van der Waals surface area contributed by atoms with E-state index in [-0.39, 0.29) is 28.6 Å². The number of thioether (sulfide) groups is 1. The third-order valence-electron chi connectivity index (χ3n) is 8.52. The first-order valence-electron chi connectivity index (χ1n) is 11.8. The molecule has 1 aromatic carbocycles. The van der Waals surface area contributed by atoms with Crippen LogP contribution in [0.15, 0.2) is 12.1 Å². The first-order valence-corrected chi connectivity index (χ1v) is 12.8. The number of carbonyl (C=O) groups is 2. The molecule has 6 heteroatoms. The Morgan fingerprint density at radius 2 is 1.77 bits per heavy atom. The molecule has 1 aromatic rings. The number of hydrogen-bond donors (Lipinski definition) is 2. The Morgan fingerprint density at radius 1 is 1.13 bits per heavy atom. The zero-order valence-corrected chi connectivity index (χ0v) is 19.8. The zero-order chi connectivity index (χ0) is 21.9. The molecular formula is C25H35N3O2S. The van der Waals surface area contributed by atoms with E-state index >= 15 is 0 Å². The molecule has 31 heavy (non-hydrogen) atoms. The number of nitrogens with one attached hydrogen (secondary N) is 1. The summed E-state index contributed by atoms with van der Waals surface area (Å²) in [6, 6.07) is 4.69. The van der Waals surface area contributed by atoms with Crippen LogP contribution in [0.4, 0.5) is 0 Å². The normalized spacial score (nSPS) is 36.7. The van der Waals surface area contributed by atoms with Gasteiger partial charge in [0.15, 0.2) is 0 Å². The van der Waals surface area contributed by atoms with Crippen LogP contribution in [0, 0.1) is 43.9 Å². The summed E-state index contributed by atoms with van der Waals surface area (Å²) in [5.41, 5.74) is 10.8. The van der Waals surface area contributed by atoms with Gasteiger partial charge in [-0.2, -0.15) is 0 Å². The molecule has 5 aliphatic rings. The summed E-state index contributed by atoms with van der Waals surface area (Å²) in [5.74, 6) is 2.47. The molecule has 3 unspecified atom stereocenters. The van der Waals surface area contributed by atoms with Gasteiger partial charge in [0.05, 0.1) is 0 Å². The van der Waals surface area contributed by atoms with E-state index in [2.05, 4.69) is 43.1 Å². The maximum atomic E-state index is 13.4. The Balaban J connectivity index is 1.28. The molecule has 4 bridgehead atoms. The van der Waals surface area contributed by atoms with Crippen molar-refractivity contribution in [3.05, 3.63) is 34.4 Å². The molecule has 0 spiro atoms. The number of carbonyl (C=O) groups excluding carboxylic acids is 2. The predicted molar refractivity (Wildman–Crippen MR) is 124 cm³/mol. The fraction of sp³-hybridized carbons (Fsp3) is 0.680. The summed E-state index contributed by atoms with van der Waals surface area (Å²) in [7, 11) is 0. The summed E-state index contributed by atoms with van der Waals surface area (Å²) in [6.07, 6.45) is 4.98. The van der Waals surface area contributed by atoms with E-state index in [1.165, 1.54) is 22.3 Å². The lowest BCUT2D eigenvalue weighted by Crippen LogP contribution is -2.63. The molecule has 2 amide bonds. The number of amides is 2. The Hall–Kier alpha value is -1.53. The van der Waals surface area contributed by atoms with Gasteiger partial charge in [0, 0.05) is 30.3 Å². The quantitative estimate of drug-likeness (QED) is 0.735. The SMILES string of the molecule is Cc1cc(C)c(CN2CCSC2C(=O)NC2C3CC4CC2CC(C(N)=O)(C4)C3)c(C)c1. The van der Waals surface area contributed by atoms with Crippen molar-refractivity contribution in [1.29, 1.82) is 0 Å². The molecule has 4 saturated carbocycles. The van der Waals surface area contributed by atoms with E-state index in [9.17, 15) is 9.59 Å². The summed E-state index contributed by atoms with van der Waals surface area (Å²) in [5, 5.41) is 3.34. The Bertz CT molecular complexity index is 877. The fourth-order valence-electron chi connectivity index (χ4n) is 7.37. The van der Waals surface area contributed by atoms with Crippen molar-refractivity contribution in [3.8, 4) is 0 Å². The molecule has 3 atom stereocenters. The highest BCUT2D eigenvalue weighted by Crippen LogP contribution is 2.60. The first-order chi connectivity index (χ1) is 14.8. The smallest absolute Gasteiger partial charge is 0.247 e. The number of benzene rings is 1. The van der Waals surface area contributed by atoms with Crippen LogP contribution in [0.5, 0.6) is 0 Å².